The van der Waals surface area contributed by atoms with Crippen LogP contribution in [0.15, 0.2) is 24.3 Å². The van der Waals surface area contributed by atoms with Crippen molar-refractivity contribution in [2.24, 2.45) is 7.05 Å². The quantitative estimate of drug-likeness (QED) is 0.831. The lowest BCUT2D eigenvalue weighted by atomic mass is 9.86. The van der Waals surface area contributed by atoms with Crippen LogP contribution in [0.3, 0.4) is 0 Å². The number of rotatable bonds is 2. The van der Waals surface area contributed by atoms with Crippen molar-refractivity contribution < 1.29 is 18.0 Å². The van der Waals surface area contributed by atoms with E-state index in [1.165, 1.54) is 6.07 Å². The van der Waals surface area contributed by atoms with E-state index in [1.807, 2.05) is 7.05 Å². The van der Waals surface area contributed by atoms with Gasteiger partial charge in [0.2, 0.25) is 0 Å². The number of nitrogens with one attached hydrogen (secondary N) is 1. The van der Waals surface area contributed by atoms with Crippen LogP contribution in [0.4, 0.5) is 13.2 Å². The Kier molecular flexibility index (Phi) is 5.38. The van der Waals surface area contributed by atoms with E-state index in [2.05, 4.69) is 10.4 Å². The Morgan fingerprint density at radius 2 is 1.93 bits per heavy atom. The number of aromatic nitrogens is 2. The first-order valence-electron chi connectivity index (χ1n) is 10.1. The minimum atomic E-state index is -4.36. The van der Waals surface area contributed by atoms with E-state index < -0.39 is 11.7 Å². The lowest BCUT2D eigenvalue weighted by molar-refractivity contribution is -0.138. The fourth-order valence-electron chi connectivity index (χ4n) is 4.52. The zero-order chi connectivity index (χ0) is 20.6. The van der Waals surface area contributed by atoms with Gasteiger partial charge in [0, 0.05) is 37.9 Å². The average molecular weight is 406 g/mol. The Labute approximate surface area is 167 Å². The first-order valence-corrected chi connectivity index (χ1v) is 10.1. The van der Waals surface area contributed by atoms with E-state index in [4.69, 9.17) is 0 Å². The molecule has 0 aliphatic carbocycles. The fourth-order valence-corrected chi connectivity index (χ4v) is 4.52. The molecule has 29 heavy (non-hydrogen) atoms. The van der Waals surface area contributed by atoms with Gasteiger partial charge in [-0.3, -0.25) is 9.48 Å². The third-order valence-electron chi connectivity index (χ3n) is 6.03. The number of likely N-dealkylation sites (tertiary alicyclic amines) is 1. The number of amides is 1. The van der Waals surface area contributed by atoms with Crippen LogP contribution in [0.25, 0.3) is 0 Å². The van der Waals surface area contributed by atoms with Crippen LogP contribution in [-0.4, -0.2) is 40.2 Å². The normalized spacial score (nSPS) is 18.4. The Bertz CT molecular complexity index is 898. The summed E-state index contributed by atoms with van der Waals surface area (Å²) in [6.07, 6.45) is -1.43. The summed E-state index contributed by atoms with van der Waals surface area (Å²) in [5.74, 6) is -0.313. The van der Waals surface area contributed by atoms with Crippen molar-refractivity contribution in [2.45, 2.75) is 44.3 Å². The van der Waals surface area contributed by atoms with Crippen LogP contribution in [0.1, 0.15) is 58.1 Å². The fraction of sp³-hybridized carbons (Fsp3) is 0.524. The number of benzene rings is 1. The zero-order valence-electron chi connectivity index (χ0n) is 16.4. The highest BCUT2D eigenvalue weighted by Crippen LogP contribution is 2.38. The minimum Gasteiger partial charge on any atom is -0.337 e. The van der Waals surface area contributed by atoms with E-state index in [0.717, 1.165) is 36.7 Å². The molecule has 0 spiro atoms. The van der Waals surface area contributed by atoms with E-state index in [-0.39, 0.29) is 11.8 Å². The molecule has 0 bridgehead atoms. The summed E-state index contributed by atoms with van der Waals surface area (Å²) in [4.78, 5) is 14.8. The third-order valence-corrected chi connectivity index (χ3v) is 6.03. The van der Waals surface area contributed by atoms with Gasteiger partial charge in [0.15, 0.2) is 5.69 Å². The van der Waals surface area contributed by atoms with Crippen molar-refractivity contribution in [3.05, 3.63) is 52.3 Å². The molecule has 1 amide bonds. The van der Waals surface area contributed by atoms with Crippen molar-refractivity contribution in [3.8, 4) is 0 Å². The number of nitrogens with zero attached hydrogens (tertiary/aromatic N) is 3. The first-order chi connectivity index (χ1) is 13.9. The van der Waals surface area contributed by atoms with Crippen LogP contribution in [0.2, 0.25) is 0 Å². The molecular formula is C21H25F3N4O. The molecule has 0 atom stereocenters. The van der Waals surface area contributed by atoms with Crippen molar-refractivity contribution >= 4 is 5.91 Å². The number of fused-ring (bicyclic) bond motifs is 1. The largest absolute Gasteiger partial charge is 0.416 e. The smallest absolute Gasteiger partial charge is 0.337 e. The number of carbonyl (C=O) groups is 1. The summed E-state index contributed by atoms with van der Waals surface area (Å²) >= 11 is 0. The van der Waals surface area contributed by atoms with Gasteiger partial charge in [-0.25, -0.2) is 0 Å². The molecule has 1 fully saturated rings. The number of hydrogen-bond acceptors (Lipinski definition) is 3. The molecule has 0 unspecified atom stereocenters. The number of aryl methyl sites for hydroxylation is 1. The molecule has 5 nitrogen and oxygen atoms in total. The molecule has 2 aliphatic rings. The number of halogens is 3. The van der Waals surface area contributed by atoms with Gasteiger partial charge in [-0.2, -0.15) is 18.3 Å². The topological polar surface area (TPSA) is 50.2 Å². The molecule has 1 aromatic heterocycles. The van der Waals surface area contributed by atoms with Crippen molar-refractivity contribution in [1.29, 1.82) is 0 Å². The summed E-state index contributed by atoms with van der Waals surface area (Å²) in [5, 5.41) is 7.80. The van der Waals surface area contributed by atoms with E-state index in [0.29, 0.717) is 43.7 Å². The Morgan fingerprint density at radius 1 is 1.21 bits per heavy atom. The maximum absolute atomic E-state index is 13.3. The van der Waals surface area contributed by atoms with Gasteiger partial charge in [-0.05, 0) is 49.8 Å². The molecule has 8 heteroatoms. The second-order valence-corrected chi connectivity index (χ2v) is 7.83. The molecule has 156 valence electrons. The highest BCUT2D eigenvalue weighted by atomic mass is 19.4. The summed E-state index contributed by atoms with van der Waals surface area (Å²) in [6, 6.07) is 5.78. The number of carbonyl (C=O) groups excluding carboxylic acids is 1. The van der Waals surface area contributed by atoms with Crippen LogP contribution < -0.4 is 5.32 Å². The monoisotopic (exact) mass is 406 g/mol. The number of hydrogen-bond donors (Lipinski definition) is 1. The van der Waals surface area contributed by atoms with Gasteiger partial charge in [0.25, 0.3) is 5.91 Å². The van der Waals surface area contributed by atoms with Crippen molar-refractivity contribution in [1.82, 2.24) is 20.0 Å². The van der Waals surface area contributed by atoms with Gasteiger partial charge < -0.3 is 10.2 Å². The predicted molar refractivity (Wildman–Crippen MR) is 103 cm³/mol. The summed E-state index contributed by atoms with van der Waals surface area (Å²) in [7, 11) is 1.86. The van der Waals surface area contributed by atoms with E-state index in [9.17, 15) is 18.0 Å². The standard InChI is InChI=1S/C21H25F3N4O/c1-27-18-7-4-10-25-13-16(18)19(26-27)20(29)28-11-8-14(9-12-28)15-5-2-3-6-17(15)21(22,23)24/h2-3,5-6,14,25H,4,7-13H2,1H3. The summed E-state index contributed by atoms with van der Waals surface area (Å²) < 4.78 is 41.8. The maximum atomic E-state index is 13.3. The molecule has 1 saturated heterocycles. The minimum absolute atomic E-state index is 0.117. The summed E-state index contributed by atoms with van der Waals surface area (Å²) in [5.41, 5.74) is 2.30. The highest BCUT2D eigenvalue weighted by Gasteiger charge is 2.36. The average Bonchev–Trinajstić information content (AvgIpc) is 2.88. The second-order valence-electron chi connectivity index (χ2n) is 7.83. The van der Waals surface area contributed by atoms with Crippen molar-refractivity contribution in [3.63, 3.8) is 0 Å². The van der Waals surface area contributed by atoms with Crippen LogP contribution >= 0.6 is 0 Å². The molecule has 4 rings (SSSR count). The molecule has 2 aliphatic heterocycles. The Hall–Kier alpha value is -2.35. The summed E-state index contributed by atoms with van der Waals surface area (Å²) in [6.45, 7) is 2.41. The molecule has 0 radical (unpaired) electrons. The molecule has 2 aromatic rings. The van der Waals surface area contributed by atoms with Crippen molar-refractivity contribution in [2.75, 3.05) is 19.6 Å². The van der Waals surface area contributed by atoms with Gasteiger partial charge in [-0.15, -0.1) is 0 Å². The zero-order valence-corrected chi connectivity index (χ0v) is 16.4. The van der Waals surface area contributed by atoms with E-state index in [1.54, 1.807) is 21.7 Å². The van der Waals surface area contributed by atoms with Gasteiger partial charge in [0.1, 0.15) is 0 Å². The third kappa shape index (κ3) is 3.90. The Morgan fingerprint density at radius 3 is 2.66 bits per heavy atom. The van der Waals surface area contributed by atoms with E-state index >= 15 is 0 Å². The Balaban J connectivity index is 1.49. The number of alkyl halides is 3. The number of piperidine rings is 1. The molecular weight excluding hydrogens is 381 g/mol. The second kappa shape index (κ2) is 7.82. The lowest BCUT2D eigenvalue weighted by Gasteiger charge is -2.33. The molecule has 1 aromatic carbocycles. The maximum Gasteiger partial charge on any atom is 0.416 e. The predicted octanol–water partition coefficient (Wildman–Crippen LogP) is 3.49. The van der Waals surface area contributed by atoms with Gasteiger partial charge >= 0.3 is 6.18 Å². The van der Waals surface area contributed by atoms with Gasteiger partial charge in [0.05, 0.1) is 5.56 Å². The van der Waals surface area contributed by atoms with Crippen LogP contribution in [0, 0.1) is 0 Å². The molecule has 1 N–H and O–H groups in total. The van der Waals surface area contributed by atoms with Crippen LogP contribution in [0.5, 0.6) is 0 Å². The SMILES string of the molecule is Cn1nc(C(=O)N2CCC(c3ccccc3C(F)(F)F)CC2)c2c1CCCNC2. The highest BCUT2D eigenvalue weighted by molar-refractivity contribution is 5.94. The lowest BCUT2D eigenvalue weighted by Crippen LogP contribution is -2.39. The first kappa shape index (κ1) is 19.9. The van der Waals surface area contributed by atoms with Crippen LogP contribution in [-0.2, 0) is 26.2 Å². The van der Waals surface area contributed by atoms with Gasteiger partial charge in [-0.1, -0.05) is 18.2 Å². The molecule has 0 saturated carbocycles. The molecule has 3 heterocycles.